The number of rotatable bonds is 7. The Kier molecular flexibility index (Phi) is 6.09. The van der Waals surface area contributed by atoms with Crippen molar-refractivity contribution < 1.29 is 19.5 Å². The van der Waals surface area contributed by atoms with Crippen molar-refractivity contribution in [1.29, 1.82) is 0 Å². The molecule has 2 atom stereocenters. The van der Waals surface area contributed by atoms with Crippen LogP contribution in [0.1, 0.15) is 26.2 Å². The lowest BCUT2D eigenvalue weighted by atomic mass is 10.1. The van der Waals surface area contributed by atoms with Gasteiger partial charge < -0.3 is 21.9 Å². The van der Waals surface area contributed by atoms with Crippen LogP contribution in [0.3, 0.4) is 0 Å². The monoisotopic (exact) mass is 231 g/mol. The van der Waals surface area contributed by atoms with Gasteiger partial charge >= 0.3 is 5.97 Å². The largest absolute Gasteiger partial charge is 0.480 e. The van der Waals surface area contributed by atoms with Crippen LogP contribution >= 0.6 is 0 Å². The molecule has 0 rings (SSSR count). The Morgan fingerprint density at radius 1 is 1.38 bits per heavy atom. The third-order valence-corrected chi connectivity index (χ3v) is 1.95. The minimum absolute atomic E-state index is 0.301. The first kappa shape index (κ1) is 14.4. The number of carbonyl (C=O) groups is 3. The quantitative estimate of drug-likeness (QED) is 0.425. The Morgan fingerprint density at radius 3 is 2.31 bits per heavy atom. The van der Waals surface area contributed by atoms with Crippen molar-refractivity contribution in [2.24, 2.45) is 11.5 Å². The summed E-state index contributed by atoms with van der Waals surface area (Å²) in [6, 6.07) is -2.08. The fraction of sp³-hybridized carbons (Fsp3) is 0.667. The molecular weight excluding hydrogens is 214 g/mol. The molecule has 0 aliphatic rings. The summed E-state index contributed by atoms with van der Waals surface area (Å²) in [5, 5.41) is 11.0. The van der Waals surface area contributed by atoms with Crippen LogP contribution in [-0.4, -0.2) is 35.0 Å². The lowest BCUT2D eigenvalue weighted by molar-refractivity contribution is -0.142. The zero-order chi connectivity index (χ0) is 12.7. The van der Waals surface area contributed by atoms with Crippen LogP contribution in [0.2, 0.25) is 0 Å². The highest BCUT2D eigenvalue weighted by molar-refractivity contribution is 5.90. The SMILES string of the molecule is CCC[C@@H](NC(=O)C(N)CC(N)=O)C(=O)O. The Hall–Kier alpha value is -1.63. The number of hydrogen-bond acceptors (Lipinski definition) is 4. The number of carboxylic acids is 1. The molecule has 1 unspecified atom stereocenters. The Bertz CT molecular complexity index is 280. The lowest BCUT2D eigenvalue weighted by Gasteiger charge is -2.16. The van der Waals surface area contributed by atoms with Crippen LogP contribution in [0, 0.1) is 0 Å². The number of aliphatic carboxylic acids is 1. The number of primary amides is 1. The molecule has 0 aliphatic carbocycles. The van der Waals surface area contributed by atoms with Crippen LogP contribution in [-0.2, 0) is 14.4 Å². The average molecular weight is 231 g/mol. The van der Waals surface area contributed by atoms with Crippen LogP contribution < -0.4 is 16.8 Å². The van der Waals surface area contributed by atoms with Gasteiger partial charge in [0.05, 0.1) is 12.5 Å². The van der Waals surface area contributed by atoms with Gasteiger partial charge in [-0.2, -0.15) is 0 Å². The summed E-state index contributed by atoms with van der Waals surface area (Å²) in [6.45, 7) is 1.80. The summed E-state index contributed by atoms with van der Waals surface area (Å²) >= 11 is 0. The second-order valence-corrected chi connectivity index (χ2v) is 3.47. The molecule has 6 N–H and O–H groups in total. The third-order valence-electron chi connectivity index (χ3n) is 1.95. The molecule has 0 saturated heterocycles. The van der Waals surface area contributed by atoms with Crippen LogP contribution in [0.25, 0.3) is 0 Å². The van der Waals surface area contributed by atoms with Crippen molar-refractivity contribution in [3.05, 3.63) is 0 Å². The number of hydrogen-bond donors (Lipinski definition) is 4. The number of carboxylic acid groups (broad SMARTS) is 1. The van der Waals surface area contributed by atoms with Gasteiger partial charge in [-0.05, 0) is 6.42 Å². The normalized spacial score (nSPS) is 13.9. The molecule has 0 aliphatic heterocycles. The summed E-state index contributed by atoms with van der Waals surface area (Å²) in [7, 11) is 0. The average Bonchev–Trinajstić information content (AvgIpc) is 2.15. The molecule has 0 fully saturated rings. The molecular formula is C9H17N3O4. The van der Waals surface area contributed by atoms with Crippen LogP contribution in [0.4, 0.5) is 0 Å². The summed E-state index contributed by atoms with van der Waals surface area (Å²) in [6.07, 6.45) is 0.622. The molecule has 0 spiro atoms. The minimum Gasteiger partial charge on any atom is -0.480 e. The van der Waals surface area contributed by atoms with Gasteiger partial charge in [0.15, 0.2) is 0 Å². The summed E-state index contributed by atoms with van der Waals surface area (Å²) in [5.74, 6) is -2.51. The molecule has 0 saturated carbocycles. The fourth-order valence-electron chi connectivity index (χ4n) is 1.13. The molecule has 0 heterocycles. The van der Waals surface area contributed by atoms with Gasteiger partial charge in [-0.3, -0.25) is 9.59 Å². The molecule has 7 nitrogen and oxygen atoms in total. The highest BCUT2D eigenvalue weighted by Crippen LogP contribution is 1.98. The maximum Gasteiger partial charge on any atom is 0.326 e. The Labute approximate surface area is 93.2 Å². The predicted molar refractivity (Wildman–Crippen MR) is 56.3 cm³/mol. The Morgan fingerprint density at radius 2 is 1.94 bits per heavy atom. The Balaban J connectivity index is 4.28. The number of amides is 2. The van der Waals surface area contributed by atoms with Crippen molar-refractivity contribution in [3.8, 4) is 0 Å². The van der Waals surface area contributed by atoms with Crippen molar-refractivity contribution in [2.45, 2.75) is 38.3 Å². The topological polar surface area (TPSA) is 136 Å². The highest BCUT2D eigenvalue weighted by atomic mass is 16.4. The van der Waals surface area contributed by atoms with E-state index in [-0.39, 0.29) is 6.42 Å². The fourth-order valence-corrected chi connectivity index (χ4v) is 1.13. The van der Waals surface area contributed by atoms with Gasteiger partial charge in [-0.15, -0.1) is 0 Å². The second-order valence-electron chi connectivity index (χ2n) is 3.47. The zero-order valence-corrected chi connectivity index (χ0v) is 9.10. The van der Waals surface area contributed by atoms with E-state index in [2.05, 4.69) is 5.32 Å². The van der Waals surface area contributed by atoms with E-state index in [0.29, 0.717) is 12.8 Å². The summed E-state index contributed by atoms with van der Waals surface area (Å²) in [5.41, 5.74) is 10.2. The van der Waals surface area contributed by atoms with Gasteiger partial charge in [-0.1, -0.05) is 13.3 Å². The molecule has 7 heteroatoms. The molecule has 0 aromatic carbocycles. The van der Waals surface area contributed by atoms with Gasteiger partial charge in [0.25, 0.3) is 0 Å². The predicted octanol–water partition coefficient (Wildman–Crippen LogP) is -1.44. The summed E-state index contributed by atoms with van der Waals surface area (Å²) in [4.78, 5) is 32.6. The van der Waals surface area contributed by atoms with E-state index < -0.39 is 29.9 Å². The lowest BCUT2D eigenvalue weighted by Crippen LogP contribution is -2.49. The standard InChI is InChI=1S/C9H17N3O4/c1-2-3-6(9(15)16)12-8(14)5(10)4-7(11)13/h5-6H,2-4,10H2,1H3,(H2,11,13)(H,12,14)(H,15,16)/t5?,6-/m1/s1. The molecule has 0 bridgehead atoms. The van der Waals surface area contributed by atoms with E-state index in [1.165, 1.54) is 0 Å². The van der Waals surface area contributed by atoms with Crippen LogP contribution in [0.15, 0.2) is 0 Å². The smallest absolute Gasteiger partial charge is 0.326 e. The number of nitrogens with two attached hydrogens (primary N) is 2. The van der Waals surface area contributed by atoms with Crippen molar-refractivity contribution in [2.75, 3.05) is 0 Å². The highest BCUT2D eigenvalue weighted by Gasteiger charge is 2.23. The number of carbonyl (C=O) groups excluding carboxylic acids is 2. The van der Waals surface area contributed by atoms with Gasteiger partial charge in [0.2, 0.25) is 11.8 Å². The van der Waals surface area contributed by atoms with E-state index in [1.54, 1.807) is 6.92 Å². The molecule has 2 amide bonds. The molecule has 0 aromatic heterocycles. The van der Waals surface area contributed by atoms with Crippen molar-refractivity contribution in [3.63, 3.8) is 0 Å². The van der Waals surface area contributed by atoms with Crippen LogP contribution in [0.5, 0.6) is 0 Å². The van der Waals surface area contributed by atoms with Gasteiger partial charge in [0.1, 0.15) is 6.04 Å². The van der Waals surface area contributed by atoms with Gasteiger partial charge in [0, 0.05) is 0 Å². The maximum absolute atomic E-state index is 11.4. The molecule has 0 aromatic rings. The first-order valence-electron chi connectivity index (χ1n) is 4.95. The van der Waals surface area contributed by atoms with E-state index in [9.17, 15) is 14.4 Å². The molecule has 0 radical (unpaired) electrons. The first-order valence-corrected chi connectivity index (χ1v) is 4.95. The number of nitrogens with one attached hydrogen (secondary N) is 1. The van der Waals surface area contributed by atoms with E-state index in [1.807, 2.05) is 0 Å². The maximum atomic E-state index is 11.4. The van der Waals surface area contributed by atoms with E-state index >= 15 is 0 Å². The zero-order valence-electron chi connectivity index (χ0n) is 9.10. The van der Waals surface area contributed by atoms with Crippen molar-refractivity contribution >= 4 is 17.8 Å². The second kappa shape index (κ2) is 6.78. The third kappa shape index (κ3) is 5.30. The molecule has 16 heavy (non-hydrogen) atoms. The first-order chi connectivity index (χ1) is 7.38. The van der Waals surface area contributed by atoms with Gasteiger partial charge in [-0.25, -0.2) is 4.79 Å². The van der Waals surface area contributed by atoms with E-state index in [0.717, 1.165) is 0 Å². The van der Waals surface area contributed by atoms with Crippen molar-refractivity contribution in [1.82, 2.24) is 5.32 Å². The van der Waals surface area contributed by atoms with E-state index in [4.69, 9.17) is 16.6 Å². The minimum atomic E-state index is -1.12. The summed E-state index contributed by atoms with van der Waals surface area (Å²) < 4.78 is 0. The molecule has 92 valence electrons.